The molecule has 2 rings (SSSR count). The summed E-state index contributed by atoms with van der Waals surface area (Å²) < 4.78 is 38.0. The average molecular weight is 399 g/mol. The zero-order chi connectivity index (χ0) is 19.2. The fraction of sp³-hybridized carbons (Fsp3) is 0.278. The number of amides is 1. The van der Waals surface area contributed by atoms with Gasteiger partial charge in [0.05, 0.1) is 11.9 Å². The predicted molar refractivity (Wildman–Crippen MR) is 101 cm³/mol. The van der Waals surface area contributed by atoms with E-state index in [0.717, 1.165) is 16.1 Å². The van der Waals surface area contributed by atoms with Gasteiger partial charge in [0.2, 0.25) is 15.9 Å². The second-order valence-electron chi connectivity index (χ2n) is 5.79. The summed E-state index contributed by atoms with van der Waals surface area (Å²) in [5.41, 5.74) is 1.32. The molecule has 8 heteroatoms. The molecular formula is C18H20ClFN2O3S. The van der Waals surface area contributed by atoms with Gasteiger partial charge in [0.1, 0.15) is 5.82 Å². The number of carbonyl (C=O) groups excluding carboxylic acids is 1. The van der Waals surface area contributed by atoms with E-state index in [1.165, 1.54) is 18.2 Å². The lowest BCUT2D eigenvalue weighted by molar-refractivity contribution is -0.120. The summed E-state index contributed by atoms with van der Waals surface area (Å²) in [6, 6.07) is 12.5. The number of carbonyl (C=O) groups is 1. The Morgan fingerprint density at radius 1 is 1.19 bits per heavy atom. The standard InChI is InChI=1S/C18H20ClFN2O3S/c1-26(24,25)22(17-4-2-3-15(19)13-17)12-10-18(23)21-11-9-14-5-7-16(20)8-6-14/h2-8,13H,9-12H2,1H3,(H,21,23). The van der Waals surface area contributed by atoms with Crippen molar-refractivity contribution in [2.75, 3.05) is 23.7 Å². The minimum absolute atomic E-state index is 0.0154. The van der Waals surface area contributed by atoms with Crippen LogP contribution >= 0.6 is 11.6 Å². The maximum Gasteiger partial charge on any atom is 0.232 e. The number of hydrogen-bond donors (Lipinski definition) is 1. The van der Waals surface area contributed by atoms with E-state index in [1.807, 2.05) is 0 Å². The summed E-state index contributed by atoms with van der Waals surface area (Å²) in [5.74, 6) is -0.567. The monoisotopic (exact) mass is 398 g/mol. The van der Waals surface area contributed by atoms with Crippen LogP contribution in [0.3, 0.4) is 0 Å². The van der Waals surface area contributed by atoms with Crippen molar-refractivity contribution >= 4 is 33.2 Å². The van der Waals surface area contributed by atoms with Crippen LogP contribution in [0, 0.1) is 5.82 Å². The maximum atomic E-state index is 12.8. The highest BCUT2D eigenvalue weighted by atomic mass is 35.5. The van der Waals surface area contributed by atoms with Crippen molar-refractivity contribution in [2.45, 2.75) is 12.8 Å². The Morgan fingerprint density at radius 2 is 1.88 bits per heavy atom. The van der Waals surface area contributed by atoms with Gasteiger partial charge in [0.25, 0.3) is 0 Å². The predicted octanol–water partition coefficient (Wildman–Crippen LogP) is 2.99. The number of sulfonamides is 1. The molecule has 2 aromatic carbocycles. The molecule has 0 saturated carbocycles. The first-order chi connectivity index (χ1) is 12.3. The molecule has 0 atom stereocenters. The molecule has 140 valence electrons. The number of benzene rings is 2. The minimum Gasteiger partial charge on any atom is -0.356 e. The lowest BCUT2D eigenvalue weighted by Crippen LogP contribution is -2.35. The van der Waals surface area contributed by atoms with Gasteiger partial charge in [0.15, 0.2) is 0 Å². The summed E-state index contributed by atoms with van der Waals surface area (Å²) in [7, 11) is -3.54. The van der Waals surface area contributed by atoms with Crippen molar-refractivity contribution in [3.63, 3.8) is 0 Å². The number of nitrogens with one attached hydrogen (secondary N) is 1. The molecule has 1 amide bonds. The molecule has 26 heavy (non-hydrogen) atoms. The zero-order valence-corrected chi connectivity index (χ0v) is 15.9. The molecule has 0 fully saturated rings. The third kappa shape index (κ3) is 6.31. The minimum atomic E-state index is -3.54. The zero-order valence-electron chi connectivity index (χ0n) is 14.3. The van der Waals surface area contributed by atoms with Crippen LogP contribution in [0.5, 0.6) is 0 Å². The van der Waals surface area contributed by atoms with Crippen LogP contribution in [-0.4, -0.2) is 33.7 Å². The number of nitrogens with zero attached hydrogens (tertiary/aromatic N) is 1. The Labute approximate surface area is 157 Å². The van der Waals surface area contributed by atoms with E-state index in [0.29, 0.717) is 23.7 Å². The van der Waals surface area contributed by atoms with E-state index in [-0.39, 0.29) is 24.7 Å². The maximum absolute atomic E-state index is 12.8. The molecule has 1 N–H and O–H groups in total. The number of hydrogen-bond acceptors (Lipinski definition) is 3. The van der Waals surface area contributed by atoms with Crippen molar-refractivity contribution in [1.82, 2.24) is 5.32 Å². The van der Waals surface area contributed by atoms with Crippen LogP contribution in [-0.2, 0) is 21.2 Å². The third-order valence-electron chi connectivity index (χ3n) is 3.69. The average Bonchev–Trinajstić information content (AvgIpc) is 2.56. The first kappa shape index (κ1) is 20.2. The van der Waals surface area contributed by atoms with Gasteiger partial charge in [-0.05, 0) is 42.3 Å². The van der Waals surface area contributed by atoms with Crippen molar-refractivity contribution in [3.8, 4) is 0 Å². The van der Waals surface area contributed by atoms with Crippen LogP contribution in [0.2, 0.25) is 5.02 Å². The third-order valence-corrected chi connectivity index (χ3v) is 5.12. The number of anilines is 1. The van der Waals surface area contributed by atoms with Gasteiger partial charge in [-0.15, -0.1) is 0 Å². The summed E-state index contributed by atoms with van der Waals surface area (Å²) in [5, 5.41) is 3.15. The Bertz CT molecular complexity index is 857. The molecule has 0 aliphatic heterocycles. The van der Waals surface area contributed by atoms with Gasteiger partial charge in [-0.3, -0.25) is 9.10 Å². The molecule has 0 unspecified atom stereocenters. The molecule has 0 spiro atoms. The number of halogens is 2. The summed E-state index contributed by atoms with van der Waals surface area (Å²) >= 11 is 5.91. The van der Waals surface area contributed by atoms with E-state index in [1.54, 1.807) is 30.3 Å². The van der Waals surface area contributed by atoms with Gasteiger partial charge < -0.3 is 5.32 Å². The Kier molecular flexibility index (Phi) is 6.99. The molecule has 0 saturated heterocycles. The molecule has 0 radical (unpaired) electrons. The van der Waals surface area contributed by atoms with Gasteiger partial charge in [-0.1, -0.05) is 29.8 Å². The Hall–Kier alpha value is -2.12. The Morgan fingerprint density at radius 3 is 2.50 bits per heavy atom. The smallest absolute Gasteiger partial charge is 0.232 e. The normalized spacial score (nSPS) is 11.2. The van der Waals surface area contributed by atoms with Crippen molar-refractivity contribution in [3.05, 3.63) is 64.9 Å². The molecular weight excluding hydrogens is 379 g/mol. The van der Waals surface area contributed by atoms with Gasteiger partial charge in [-0.2, -0.15) is 0 Å². The van der Waals surface area contributed by atoms with E-state index in [2.05, 4.69) is 5.32 Å². The fourth-order valence-electron chi connectivity index (χ4n) is 2.41. The van der Waals surface area contributed by atoms with Crippen LogP contribution in [0.1, 0.15) is 12.0 Å². The van der Waals surface area contributed by atoms with Crippen molar-refractivity contribution in [2.24, 2.45) is 0 Å². The van der Waals surface area contributed by atoms with E-state index >= 15 is 0 Å². The van der Waals surface area contributed by atoms with Crippen LogP contribution in [0.4, 0.5) is 10.1 Å². The molecule has 0 heterocycles. The summed E-state index contributed by atoms with van der Waals surface area (Å²) in [6.07, 6.45) is 1.67. The van der Waals surface area contributed by atoms with Crippen LogP contribution in [0.15, 0.2) is 48.5 Å². The first-order valence-corrected chi connectivity index (χ1v) is 10.2. The topological polar surface area (TPSA) is 66.5 Å². The van der Waals surface area contributed by atoms with E-state index < -0.39 is 10.0 Å². The largest absolute Gasteiger partial charge is 0.356 e. The van der Waals surface area contributed by atoms with E-state index in [4.69, 9.17) is 11.6 Å². The van der Waals surface area contributed by atoms with Crippen molar-refractivity contribution in [1.29, 1.82) is 0 Å². The molecule has 0 bridgehead atoms. The second kappa shape index (κ2) is 9.00. The van der Waals surface area contributed by atoms with Crippen LogP contribution < -0.4 is 9.62 Å². The van der Waals surface area contributed by atoms with Crippen LogP contribution in [0.25, 0.3) is 0 Å². The fourth-order valence-corrected chi connectivity index (χ4v) is 3.51. The molecule has 5 nitrogen and oxygen atoms in total. The summed E-state index contributed by atoms with van der Waals surface area (Å²) in [6.45, 7) is 0.405. The first-order valence-electron chi connectivity index (χ1n) is 8.00. The Balaban J connectivity index is 1.88. The lowest BCUT2D eigenvalue weighted by atomic mass is 10.1. The molecule has 0 aromatic heterocycles. The number of rotatable bonds is 8. The van der Waals surface area contributed by atoms with E-state index in [9.17, 15) is 17.6 Å². The second-order valence-corrected chi connectivity index (χ2v) is 8.13. The van der Waals surface area contributed by atoms with Gasteiger partial charge in [-0.25, -0.2) is 12.8 Å². The van der Waals surface area contributed by atoms with Gasteiger partial charge in [0, 0.05) is 24.5 Å². The highest BCUT2D eigenvalue weighted by molar-refractivity contribution is 7.92. The molecule has 2 aromatic rings. The van der Waals surface area contributed by atoms with Gasteiger partial charge >= 0.3 is 0 Å². The molecule has 0 aliphatic rings. The van der Waals surface area contributed by atoms with Crippen molar-refractivity contribution < 1.29 is 17.6 Å². The quantitative estimate of drug-likeness (QED) is 0.743. The lowest BCUT2D eigenvalue weighted by Gasteiger charge is -2.22. The summed E-state index contributed by atoms with van der Waals surface area (Å²) in [4.78, 5) is 12.0. The molecule has 0 aliphatic carbocycles. The highest BCUT2D eigenvalue weighted by Gasteiger charge is 2.18. The SMILES string of the molecule is CS(=O)(=O)N(CCC(=O)NCCc1ccc(F)cc1)c1cccc(Cl)c1. The highest BCUT2D eigenvalue weighted by Crippen LogP contribution is 2.21.